The number of hydrogen-bond donors (Lipinski definition) is 1. The van der Waals surface area contributed by atoms with E-state index in [4.69, 9.17) is 10.5 Å². The van der Waals surface area contributed by atoms with Crippen molar-refractivity contribution in [2.24, 2.45) is 5.73 Å². The van der Waals surface area contributed by atoms with E-state index in [1.165, 1.54) is 10.7 Å². The molecule has 1 aromatic carbocycles. The summed E-state index contributed by atoms with van der Waals surface area (Å²) in [6, 6.07) is 10.3. The summed E-state index contributed by atoms with van der Waals surface area (Å²) in [4.78, 5) is 23.0. The molecule has 2 aromatic rings. The number of hydrogen-bond acceptors (Lipinski definition) is 4. The van der Waals surface area contributed by atoms with E-state index >= 15 is 0 Å². The van der Waals surface area contributed by atoms with Gasteiger partial charge < -0.3 is 10.5 Å². The number of para-hydroxylation sites is 1. The largest absolute Gasteiger partial charge is 0.461 e. The number of nitrogens with zero attached hydrogens (tertiary/aromatic N) is 2. The summed E-state index contributed by atoms with van der Waals surface area (Å²) in [5.74, 6) is -1.24. The first kappa shape index (κ1) is 12.8. The second-order valence-electron chi connectivity index (χ2n) is 3.75. The van der Waals surface area contributed by atoms with Crippen molar-refractivity contribution in [2.45, 2.75) is 6.92 Å². The zero-order valence-electron chi connectivity index (χ0n) is 10.4. The van der Waals surface area contributed by atoms with E-state index in [0.717, 1.165) is 0 Å². The predicted molar refractivity (Wildman–Crippen MR) is 68.0 cm³/mol. The van der Waals surface area contributed by atoms with Gasteiger partial charge in [-0.05, 0) is 19.1 Å². The Bertz CT molecular complexity index is 605. The first-order valence-corrected chi connectivity index (χ1v) is 5.76. The van der Waals surface area contributed by atoms with Crippen LogP contribution in [0.15, 0.2) is 36.4 Å². The molecule has 0 saturated heterocycles. The van der Waals surface area contributed by atoms with Gasteiger partial charge in [-0.15, -0.1) is 0 Å². The van der Waals surface area contributed by atoms with Gasteiger partial charge in [0.1, 0.15) is 5.69 Å². The summed E-state index contributed by atoms with van der Waals surface area (Å²) >= 11 is 0. The standard InChI is InChI=1S/C13H13N3O3/c1-2-19-13(18)10-8-11(12(14)17)16(15-10)9-6-4-3-5-7-9/h3-8H,2H2,1H3,(H2,14,17). The van der Waals surface area contributed by atoms with Crippen molar-refractivity contribution in [2.75, 3.05) is 6.61 Å². The predicted octanol–water partition coefficient (Wildman–Crippen LogP) is 1.15. The fourth-order valence-electron chi connectivity index (χ4n) is 1.63. The zero-order valence-corrected chi connectivity index (χ0v) is 10.4. The van der Waals surface area contributed by atoms with Crippen LogP contribution in [0.1, 0.15) is 27.9 Å². The highest BCUT2D eigenvalue weighted by Gasteiger charge is 2.19. The maximum absolute atomic E-state index is 11.6. The normalized spacial score (nSPS) is 10.2. The number of primary amides is 1. The van der Waals surface area contributed by atoms with Crippen LogP contribution in [-0.4, -0.2) is 28.3 Å². The molecule has 0 atom stereocenters. The smallest absolute Gasteiger partial charge is 0.358 e. The van der Waals surface area contributed by atoms with E-state index in [1.54, 1.807) is 31.2 Å². The van der Waals surface area contributed by atoms with Crippen molar-refractivity contribution in [1.29, 1.82) is 0 Å². The van der Waals surface area contributed by atoms with Crippen LogP contribution in [0.4, 0.5) is 0 Å². The van der Waals surface area contributed by atoms with Crippen molar-refractivity contribution in [3.63, 3.8) is 0 Å². The molecule has 0 bridgehead atoms. The number of aromatic nitrogens is 2. The third-order valence-corrected chi connectivity index (χ3v) is 2.45. The third kappa shape index (κ3) is 2.62. The molecule has 1 heterocycles. The summed E-state index contributed by atoms with van der Waals surface area (Å²) in [5.41, 5.74) is 6.12. The van der Waals surface area contributed by atoms with Crippen LogP contribution in [-0.2, 0) is 4.74 Å². The molecule has 0 aliphatic rings. The second kappa shape index (κ2) is 5.34. The number of ether oxygens (including phenoxy) is 1. The molecule has 2 rings (SSSR count). The molecule has 0 saturated carbocycles. The van der Waals surface area contributed by atoms with Gasteiger partial charge in [-0.2, -0.15) is 5.10 Å². The van der Waals surface area contributed by atoms with Crippen LogP contribution in [0, 0.1) is 0 Å². The van der Waals surface area contributed by atoms with Crippen LogP contribution in [0.3, 0.4) is 0 Å². The molecular formula is C13H13N3O3. The van der Waals surface area contributed by atoms with E-state index in [0.29, 0.717) is 5.69 Å². The molecule has 6 heteroatoms. The van der Waals surface area contributed by atoms with Gasteiger partial charge in [-0.1, -0.05) is 18.2 Å². The molecule has 1 aromatic heterocycles. The minimum Gasteiger partial charge on any atom is -0.461 e. The average Bonchev–Trinajstić information content (AvgIpc) is 2.85. The van der Waals surface area contributed by atoms with E-state index < -0.39 is 11.9 Å². The van der Waals surface area contributed by atoms with Gasteiger partial charge in [0.15, 0.2) is 5.69 Å². The minimum atomic E-state index is -0.660. The van der Waals surface area contributed by atoms with Crippen LogP contribution < -0.4 is 5.73 Å². The first-order valence-electron chi connectivity index (χ1n) is 5.76. The highest BCUT2D eigenvalue weighted by molar-refractivity contribution is 5.95. The number of esters is 1. The molecule has 0 aliphatic carbocycles. The quantitative estimate of drug-likeness (QED) is 0.834. The van der Waals surface area contributed by atoms with E-state index in [1.807, 2.05) is 6.07 Å². The fraction of sp³-hybridized carbons (Fsp3) is 0.154. The van der Waals surface area contributed by atoms with E-state index in [2.05, 4.69) is 5.10 Å². The number of benzene rings is 1. The van der Waals surface area contributed by atoms with Gasteiger partial charge in [0, 0.05) is 6.07 Å². The monoisotopic (exact) mass is 259 g/mol. The van der Waals surface area contributed by atoms with Crippen molar-refractivity contribution < 1.29 is 14.3 Å². The molecular weight excluding hydrogens is 246 g/mol. The molecule has 0 unspecified atom stereocenters. The lowest BCUT2D eigenvalue weighted by Gasteiger charge is -2.03. The number of nitrogens with two attached hydrogens (primary N) is 1. The molecule has 1 amide bonds. The topological polar surface area (TPSA) is 87.2 Å². The summed E-state index contributed by atoms with van der Waals surface area (Å²) in [7, 11) is 0. The van der Waals surface area contributed by atoms with Gasteiger partial charge >= 0.3 is 5.97 Å². The van der Waals surface area contributed by atoms with Crippen molar-refractivity contribution in [1.82, 2.24) is 9.78 Å². The SMILES string of the molecule is CCOC(=O)c1cc(C(N)=O)n(-c2ccccc2)n1. The molecule has 2 N–H and O–H groups in total. The Morgan fingerprint density at radius 1 is 1.32 bits per heavy atom. The maximum atomic E-state index is 11.6. The van der Waals surface area contributed by atoms with Crippen LogP contribution in [0.2, 0.25) is 0 Å². The molecule has 0 aliphatic heterocycles. The number of rotatable bonds is 4. The summed E-state index contributed by atoms with van der Waals surface area (Å²) in [5, 5.41) is 4.06. The second-order valence-corrected chi connectivity index (χ2v) is 3.75. The Morgan fingerprint density at radius 2 is 2.00 bits per heavy atom. The van der Waals surface area contributed by atoms with Gasteiger partial charge in [-0.3, -0.25) is 4.79 Å². The fourth-order valence-corrected chi connectivity index (χ4v) is 1.63. The summed E-state index contributed by atoms with van der Waals surface area (Å²) in [6.45, 7) is 1.93. The van der Waals surface area contributed by atoms with Gasteiger partial charge in [0.05, 0.1) is 12.3 Å². The molecule has 6 nitrogen and oxygen atoms in total. The minimum absolute atomic E-state index is 0.0551. The molecule has 0 radical (unpaired) electrons. The van der Waals surface area contributed by atoms with E-state index in [9.17, 15) is 9.59 Å². The van der Waals surface area contributed by atoms with Crippen molar-refractivity contribution in [3.05, 3.63) is 47.8 Å². The lowest BCUT2D eigenvalue weighted by Crippen LogP contribution is -2.16. The average molecular weight is 259 g/mol. The van der Waals surface area contributed by atoms with Gasteiger partial charge in [0.2, 0.25) is 0 Å². The highest BCUT2D eigenvalue weighted by atomic mass is 16.5. The van der Waals surface area contributed by atoms with Crippen LogP contribution >= 0.6 is 0 Å². The lowest BCUT2D eigenvalue weighted by molar-refractivity contribution is 0.0519. The molecule has 98 valence electrons. The summed E-state index contributed by atoms with van der Waals surface area (Å²) in [6.07, 6.45) is 0. The maximum Gasteiger partial charge on any atom is 0.358 e. The Labute approximate surface area is 109 Å². The summed E-state index contributed by atoms with van der Waals surface area (Å²) < 4.78 is 6.17. The van der Waals surface area contributed by atoms with Crippen molar-refractivity contribution in [3.8, 4) is 5.69 Å². The van der Waals surface area contributed by atoms with Crippen molar-refractivity contribution >= 4 is 11.9 Å². The number of carbonyl (C=O) groups excluding carboxylic acids is 2. The molecule has 19 heavy (non-hydrogen) atoms. The number of carbonyl (C=O) groups is 2. The number of amides is 1. The third-order valence-electron chi connectivity index (χ3n) is 2.45. The lowest BCUT2D eigenvalue weighted by atomic mass is 10.3. The highest BCUT2D eigenvalue weighted by Crippen LogP contribution is 2.13. The Kier molecular flexibility index (Phi) is 3.61. The van der Waals surface area contributed by atoms with Crippen LogP contribution in [0.5, 0.6) is 0 Å². The van der Waals surface area contributed by atoms with E-state index in [-0.39, 0.29) is 18.0 Å². The zero-order chi connectivity index (χ0) is 13.8. The molecule has 0 spiro atoms. The van der Waals surface area contributed by atoms with Gasteiger partial charge in [-0.25, -0.2) is 9.48 Å². The van der Waals surface area contributed by atoms with Crippen LogP contribution in [0.25, 0.3) is 5.69 Å². The molecule has 0 fully saturated rings. The Balaban J connectivity index is 2.48. The Hall–Kier alpha value is -2.63. The first-order chi connectivity index (χ1) is 9.13. The van der Waals surface area contributed by atoms with Gasteiger partial charge in [0.25, 0.3) is 5.91 Å². The Morgan fingerprint density at radius 3 is 2.58 bits per heavy atom.